The van der Waals surface area contributed by atoms with E-state index in [1.165, 1.54) is 17.5 Å². The maximum Gasteiger partial charge on any atom is 0.270 e. The van der Waals surface area contributed by atoms with Gasteiger partial charge >= 0.3 is 0 Å². The molecule has 12 nitrogen and oxygen atoms in total. The third-order valence-electron chi connectivity index (χ3n) is 8.17. The molecule has 0 radical (unpaired) electrons. The van der Waals surface area contributed by atoms with Crippen LogP contribution in [0.25, 0.3) is 0 Å². The summed E-state index contributed by atoms with van der Waals surface area (Å²) >= 11 is 0. The van der Waals surface area contributed by atoms with Crippen molar-refractivity contribution in [3.63, 3.8) is 0 Å². The second-order valence-corrected chi connectivity index (χ2v) is 11.1. The van der Waals surface area contributed by atoms with E-state index in [4.69, 9.17) is 4.74 Å². The van der Waals surface area contributed by atoms with Gasteiger partial charge in [-0.1, -0.05) is 6.07 Å². The van der Waals surface area contributed by atoms with Crippen LogP contribution in [-0.4, -0.2) is 91.3 Å². The predicted octanol–water partition coefficient (Wildman–Crippen LogP) is 1.67. The van der Waals surface area contributed by atoms with Gasteiger partial charge in [0.2, 0.25) is 5.91 Å². The molecule has 3 N–H and O–H groups in total. The number of hydrogen-bond donors (Lipinski definition) is 3. The molecule has 0 bridgehead atoms. The number of rotatable bonds is 10. The van der Waals surface area contributed by atoms with Crippen molar-refractivity contribution in [3.8, 4) is 5.75 Å². The second-order valence-electron chi connectivity index (χ2n) is 11.1. The molecule has 12 heteroatoms. The molecule has 1 atom stereocenters. The van der Waals surface area contributed by atoms with Gasteiger partial charge < -0.3 is 25.4 Å². The summed E-state index contributed by atoms with van der Waals surface area (Å²) in [5, 5.41) is 21.0. The van der Waals surface area contributed by atoms with Crippen LogP contribution in [0.3, 0.4) is 0 Å². The average molecular weight is 577 g/mol. The van der Waals surface area contributed by atoms with E-state index in [1.807, 2.05) is 28.8 Å². The van der Waals surface area contributed by atoms with Gasteiger partial charge in [-0.15, -0.1) is 0 Å². The van der Waals surface area contributed by atoms with Gasteiger partial charge in [-0.2, -0.15) is 5.10 Å². The smallest absolute Gasteiger partial charge is 0.270 e. The van der Waals surface area contributed by atoms with Crippen molar-refractivity contribution in [3.05, 3.63) is 64.9 Å². The zero-order valence-corrected chi connectivity index (χ0v) is 24.5. The van der Waals surface area contributed by atoms with Crippen molar-refractivity contribution in [2.24, 2.45) is 7.05 Å². The topological polar surface area (TPSA) is 138 Å². The molecule has 42 heavy (non-hydrogen) atoms. The van der Waals surface area contributed by atoms with Crippen LogP contribution in [0.2, 0.25) is 0 Å². The van der Waals surface area contributed by atoms with Crippen LogP contribution < -0.4 is 15.4 Å². The first-order chi connectivity index (χ1) is 20.3. The standard InChI is InChI=1S/C30H40N8O4/c1-20-26-9-11-37(16-22(26)4-5-28(20)42-18-24-6-10-34-36(24)3)17-25(40)15-31-30(41)27-14-29(33-19-32-27)35-23-7-12-38(13-8-23)21(2)39/h4-6,10,14,19,23,25,40H,7-9,11-13,15-18H2,1-3H3,(H,31,41)(H,32,33,35). The van der Waals surface area contributed by atoms with Crippen molar-refractivity contribution in [1.29, 1.82) is 0 Å². The largest absolute Gasteiger partial charge is 0.487 e. The number of aromatic nitrogens is 4. The van der Waals surface area contributed by atoms with E-state index in [9.17, 15) is 14.7 Å². The molecule has 0 saturated carbocycles. The van der Waals surface area contributed by atoms with Gasteiger partial charge in [0.05, 0.1) is 11.8 Å². The van der Waals surface area contributed by atoms with Crippen LogP contribution in [0.1, 0.15) is 52.6 Å². The Morgan fingerprint density at radius 3 is 2.71 bits per heavy atom. The van der Waals surface area contributed by atoms with Gasteiger partial charge in [0.25, 0.3) is 5.91 Å². The quantitative estimate of drug-likeness (QED) is 0.329. The summed E-state index contributed by atoms with van der Waals surface area (Å²) in [4.78, 5) is 36.7. The summed E-state index contributed by atoms with van der Waals surface area (Å²) in [6.45, 7) is 7.68. The Hall–Kier alpha value is -4.03. The number of anilines is 1. The van der Waals surface area contributed by atoms with Crippen LogP contribution in [0, 0.1) is 6.92 Å². The van der Waals surface area contributed by atoms with E-state index in [-0.39, 0.29) is 30.1 Å². The molecule has 0 aliphatic carbocycles. The fourth-order valence-corrected chi connectivity index (χ4v) is 5.66. The number of likely N-dealkylation sites (tertiary alicyclic amines) is 1. The van der Waals surface area contributed by atoms with Gasteiger partial charge in [-0.25, -0.2) is 9.97 Å². The number of ether oxygens (including phenoxy) is 1. The molecule has 2 aliphatic heterocycles. The summed E-state index contributed by atoms with van der Waals surface area (Å²) in [5.74, 6) is 1.19. The fourth-order valence-electron chi connectivity index (χ4n) is 5.66. The second kappa shape index (κ2) is 13.3. The lowest BCUT2D eigenvalue weighted by molar-refractivity contribution is -0.129. The van der Waals surface area contributed by atoms with E-state index in [1.54, 1.807) is 19.2 Å². The van der Waals surface area contributed by atoms with Crippen molar-refractivity contribution in [1.82, 2.24) is 34.9 Å². The molecule has 1 saturated heterocycles. The van der Waals surface area contributed by atoms with Gasteiger partial charge in [-0.05, 0) is 55.0 Å². The molecule has 2 aromatic heterocycles. The van der Waals surface area contributed by atoms with E-state index < -0.39 is 6.10 Å². The van der Waals surface area contributed by atoms with E-state index in [2.05, 4.69) is 43.6 Å². The molecule has 2 amide bonds. The minimum atomic E-state index is -0.719. The number of benzene rings is 1. The van der Waals surface area contributed by atoms with E-state index >= 15 is 0 Å². The lowest BCUT2D eigenvalue weighted by Crippen LogP contribution is -2.42. The average Bonchev–Trinajstić information content (AvgIpc) is 3.40. The lowest BCUT2D eigenvalue weighted by Gasteiger charge is -2.32. The molecule has 1 aromatic carbocycles. The molecule has 5 rings (SSSR count). The number of carbonyl (C=O) groups excluding carboxylic acids is 2. The first kappa shape index (κ1) is 29.5. The first-order valence-corrected chi connectivity index (χ1v) is 14.5. The fraction of sp³-hybridized carbons (Fsp3) is 0.500. The number of aliphatic hydroxyl groups excluding tert-OH is 1. The zero-order valence-electron chi connectivity index (χ0n) is 24.5. The highest BCUT2D eigenvalue weighted by molar-refractivity contribution is 5.92. The van der Waals surface area contributed by atoms with Crippen molar-refractivity contribution >= 4 is 17.6 Å². The van der Waals surface area contributed by atoms with Crippen LogP contribution >= 0.6 is 0 Å². The number of β-amino-alcohol motifs (C(OH)–C–C–N with tert-alkyl or cyclic N) is 1. The highest BCUT2D eigenvalue weighted by atomic mass is 16.5. The minimum Gasteiger partial charge on any atom is -0.487 e. The van der Waals surface area contributed by atoms with Crippen LogP contribution in [0.5, 0.6) is 5.75 Å². The Kier molecular flexibility index (Phi) is 9.33. The number of aliphatic hydroxyl groups is 1. The Morgan fingerprint density at radius 1 is 1.17 bits per heavy atom. The third kappa shape index (κ3) is 7.24. The molecule has 2 aliphatic rings. The van der Waals surface area contributed by atoms with Crippen molar-refractivity contribution in [2.75, 3.05) is 38.0 Å². The zero-order chi connectivity index (χ0) is 29.6. The van der Waals surface area contributed by atoms with Gasteiger partial charge in [0.15, 0.2) is 0 Å². The van der Waals surface area contributed by atoms with E-state index in [0.29, 0.717) is 32.1 Å². The number of aryl methyl sites for hydroxylation is 1. The van der Waals surface area contributed by atoms with Crippen LogP contribution in [0.4, 0.5) is 5.82 Å². The number of nitrogens with zero attached hydrogens (tertiary/aromatic N) is 6. The van der Waals surface area contributed by atoms with Crippen LogP contribution in [0.15, 0.2) is 36.8 Å². The number of nitrogens with one attached hydrogen (secondary N) is 2. The molecule has 224 valence electrons. The molecular weight excluding hydrogens is 536 g/mol. The number of carbonyl (C=O) groups is 2. The Labute approximate surface area is 246 Å². The molecule has 1 unspecified atom stereocenters. The SMILES string of the molecule is CC(=O)N1CCC(Nc2cc(C(=O)NCC(O)CN3CCc4c(ccc(OCc5ccnn5C)c4C)C3)ncn2)CC1. The van der Waals surface area contributed by atoms with Crippen molar-refractivity contribution in [2.45, 2.75) is 58.4 Å². The summed E-state index contributed by atoms with van der Waals surface area (Å²) in [5.41, 5.74) is 4.94. The number of amides is 2. The number of fused-ring (bicyclic) bond motifs is 1. The highest BCUT2D eigenvalue weighted by Crippen LogP contribution is 2.30. The summed E-state index contributed by atoms with van der Waals surface area (Å²) in [6.07, 6.45) is 4.91. The predicted molar refractivity (Wildman–Crippen MR) is 157 cm³/mol. The maximum absolute atomic E-state index is 12.8. The van der Waals surface area contributed by atoms with Gasteiger partial charge in [0.1, 0.15) is 30.2 Å². The number of piperidine rings is 1. The molecular formula is C30H40N8O4. The summed E-state index contributed by atoms with van der Waals surface area (Å²) in [6, 6.07) is 7.87. The molecule has 4 heterocycles. The molecule has 3 aromatic rings. The normalized spacial score (nSPS) is 16.5. The Balaban J connectivity index is 1.08. The molecule has 0 spiro atoms. The Bertz CT molecular complexity index is 1400. The maximum atomic E-state index is 12.8. The van der Waals surface area contributed by atoms with Crippen molar-refractivity contribution < 1.29 is 19.4 Å². The van der Waals surface area contributed by atoms with E-state index in [0.717, 1.165) is 49.4 Å². The lowest BCUT2D eigenvalue weighted by atomic mass is 9.94. The Morgan fingerprint density at radius 2 is 1.98 bits per heavy atom. The first-order valence-electron chi connectivity index (χ1n) is 14.5. The summed E-state index contributed by atoms with van der Waals surface area (Å²) in [7, 11) is 1.90. The van der Waals surface area contributed by atoms with Gasteiger partial charge in [0, 0.05) is 71.5 Å². The monoisotopic (exact) mass is 576 g/mol. The molecule has 1 fully saturated rings. The third-order valence-corrected chi connectivity index (χ3v) is 8.17. The van der Waals surface area contributed by atoms with Crippen LogP contribution in [-0.2, 0) is 31.4 Å². The summed E-state index contributed by atoms with van der Waals surface area (Å²) < 4.78 is 7.90. The highest BCUT2D eigenvalue weighted by Gasteiger charge is 2.23. The van der Waals surface area contributed by atoms with Gasteiger partial charge in [-0.3, -0.25) is 19.2 Å². The number of hydrogen-bond acceptors (Lipinski definition) is 9. The minimum absolute atomic E-state index is 0.0916.